The smallest absolute Gasteiger partial charge is 0.230 e. The van der Waals surface area contributed by atoms with Crippen molar-refractivity contribution in [1.29, 1.82) is 0 Å². The molecule has 0 bridgehead atoms. The number of hydrogen-bond donors (Lipinski definition) is 0. The molecule has 0 aromatic heterocycles. The molecule has 5 rings (SSSR count). The Morgan fingerprint density at radius 2 is 1.80 bits per heavy atom. The summed E-state index contributed by atoms with van der Waals surface area (Å²) in [5, 5.41) is 0.903. The molecule has 0 aliphatic carbocycles. The molecule has 2 aliphatic rings. The molecular weight excluding hydrogens is 548 g/mol. The maximum Gasteiger partial charge on any atom is 0.230 e. The molecule has 2 aliphatic heterocycles. The lowest BCUT2D eigenvalue weighted by Gasteiger charge is -2.48. The van der Waals surface area contributed by atoms with Crippen LogP contribution in [0.5, 0.6) is 0 Å². The Balaban J connectivity index is 1.30. The summed E-state index contributed by atoms with van der Waals surface area (Å²) in [6.45, 7) is 6.86. The van der Waals surface area contributed by atoms with E-state index in [0.29, 0.717) is 41.7 Å². The van der Waals surface area contributed by atoms with Crippen LogP contribution in [-0.4, -0.2) is 49.4 Å². The highest BCUT2D eigenvalue weighted by molar-refractivity contribution is 6.42. The van der Waals surface area contributed by atoms with Crippen molar-refractivity contribution in [2.75, 3.05) is 38.6 Å². The standard InChI is InChI=1S/C32H34Cl2FN3O2/c1-22-37(3)30-12-10-25(35)20-27(30)32(40-22)14-17-38(18-15-32)16-13-26(24-9-11-28(33)29(34)19-24)31(39)36(2)21-23-7-5-4-6-8-23/h4-12,19-20,26H,1,13-18,21H2,2-3H3. The second kappa shape index (κ2) is 11.8. The molecule has 2 heterocycles. The summed E-state index contributed by atoms with van der Waals surface area (Å²) in [5.41, 5.74) is 3.12. The summed E-state index contributed by atoms with van der Waals surface area (Å²) >= 11 is 12.5. The molecule has 1 fully saturated rings. The first-order valence-corrected chi connectivity index (χ1v) is 14.3. The number of nitrogens with zero attached hydrogens (tertiary/aromatic N) is 3. The van der Waals surface area contributed by atoms with E-state index in [1.807, 2.05) is 55.4 Å². The molecule has 1 amide bonds. The van der Waals surface area contributed by atoms with Gasteiger partial charge in [0.2, 0.25) is 5.91 Å². The second-order valence-corrected chi connectivity index (χ2v) is 11.6. The first-order chi connectivity index (χ1) is 19.2. The Bertz CT molecular complexity index is 1390. The third-order valence-corrected chi connectivity index (χ3v) is 8.92. The number of piperidine rings is 1. The first-order valence-electron chi connectivity index (χ1n) is 13.5. The van der Waals surface area contributed by atoms with Gasteiger partial charge >= 0.3 is 0 Å². The van der Waals surface area contributed by atoms with Crippen molar-refractivity contribution in [3.05, 3.63) is 112 Å². The molecule has 8 heteroatoms. The third kappa shape index (κ3) is 5.85. The predicted molar refractivity (Wildman–Crippen MR) is 159 cm³/mol. The summed E-state index contributed by atoms with van der Waals surface area (Å²) in [6, 6.07) is 20.3. The van der Waals surface area contributed by atoms with Gasteiger partial charge in [-0.25, -0.2) is 4.39 Å². The van der Waals surface area contributed by atoms with Crippen LogP contribution in [0.25, 0.3) is 0 Å². The highest BCUT2D eigenvalue weighted by atomic mass is 35.5. The third-order valence-electron chi connectivity index (χ3n) is 8.18. The summed E-state index contributed by atoms with van der Waals surface area (Å²) < 4.78 is 20.6. The minimum Gasteiger partial charge on any atom is -0.468 e. The van der Waals surface area contributed by atoms with Gasteiger partial charge < -0.3 is 19.4 Å². The molecule has 5 nitrogen and oxygen atoms in total. The second-order valence-electron chi connectivity index (χ2n) is 10.7. The first kappa shape index (κ1) is 28.5. The van der Waals surface area contributed by atoms with Crippen LogP contribution in [0.4, 0.5) is 10.1 Å². The van der Waals surface area contributed by atoms with Crippen molar-refractivity contribution in [2.24, 2.45) is 0 Å². The number of likely N-dealkylation sites (tertiary alicyclic amines) is 1. The van der Waals surface area contributed by atoms with Crippen molar-refractivity contribution in [3.8, 4) is 0 Å². The lowest BCUT2D eigenvalue weighted by atomic mass is 9.81. The molecule has 0 radical (unpaired) electrons. The van der Waals surface area contributed by atoms with Gasteiger partial charge in [-0.3, -0.25) is 4.79 Å². The van der Waals surface area contributed by atoms with Crippen molar-refractivity contribution in [1.82, 2.24) is 9.80 Å². The van der Waals surface area contributed by atoms with E-state index in [1.54, 1.807) is 29.2 Å². The molecule has 3 aromatic carbocycles. The molecule has 1 atom stereocenters. The van der Waals surface area contributed by atoms with Crippen LogP contribution in [0.15, 0.2) is 79.2 Å². The zero-order valence-corrected chi connectivity index (χ0v) is 24.4. The van der Waals surface area contributed by atoms with Gasteiger partial charge in [-0.1, -0.05) is 59.6 Å². The van der Waals surface area contributed by atoms with E-state index in [-0.39, 0.29) is 17.6 Å². The van der Waals surface area contributed by atoms with Crippen molar-refractivity contribution >= 4 is 34.8 Å². The number of hydrogen-bond acceptors (Lipinski definition) is 4. The summed E-state index contributed by atoms with van der Waals surface area (Å²) in [4.78, 5) is 19.7. The number of benzene rings is 3. The van der Waals surface area contributed by atoms with Crippen LogP contribution in [0.2, 0.25) is 10.0 Å². The fraction of sp³-hybridized carbons (Fsp3) is 0.344. The number of halogens is 3. The zero-order valence-electron chi connectivity index (χ0n) is 22.9. The Labute approximate surface area is 245 Å². The highest BCUT2D eigenvalue weighted by Gasteiger charge is 2.44. The molecule has 1 spiro atoms. The predicted octanol–water partition coefficient (Wildman–Crippen LogP) is 7.19. The summed E-state index contributed by atoms with van der Waals surface area (Å²) in [6.07, 6.45) is 2.04. The van der Waals surface area contributed by atoms with Crippen LogP contribution in [-0.2, 0) is 21.7 Å². The Morgan fingerprint density at radius 1 is 1.07 bits per heavy atom. The maximum atomic E-state index is 14.3. The van der Waals surface area contributed by atoms with Gasteiger partial charge in [-0.15, -0.1) is 0 Å². The Morgan fingerprint density at radius 3 is 2.50 bits per heavy atom. The zero-order chi connectivity index (χ0) is 28.4. The van der Waals surface area contributed by atoms with E-state index in [9.17, 15) is 9.18 Å². The quantitative estimate of drug-likeness (QED) is 0.296. The van der Waals surface area contributed by atoms with Crippen LogP contribution in [0.1, 0.15) is 41.9 Å². The average Bonchev–Trinajstić information content (AvgIpc) is 2.95. The molecule has 3 aromatic rings. The minimum atomic E-state index is -0.605. The van der Waals surface area contributed by atoms with E-state index >= 15 is 0 Å². The van der Waals surface area contributed by atoms with Gasteiger partial charge in [0, 0.05) is 52.1 Å². The molecule has 1 unspecified atom stereocenters. The summed E-state index contributed by atoms with van der Waals surface area (Å²) in [7, 11) is 3.72. The van der Waals surface area contributed by atoms with Gasteiger partial charge in [0.25, 0.3) is 0 Å². The number of carbonyl (C=O) groups is 1. The normalized spacial score (nSPS) is 17.3. The van der Waals surface area contributed by atoms with Gasteiger partial charge in [0.1, 0.15) is 11.4 Å². The number of ether oxygens (including phenoxy) is 1. The molecule has 210 valence electrons. The molecule has 1 saturated heterocycles. The molecule has 40 heavy (non-hydrogen) atoms. The van der Waals surface area contributed by atoms with Gasteiger partial charge in [-0.05, 0) is 61.0 Å². The van der Waals surface area contributed by atoms with Crippen LogP contribution in [0, 0.1) is 5.82 Å². The number of amides is 1. The number of carbonyl (C=O) groups excluding carboxylic acids is 1. The summed E-state index contributed by atoms with van der Waals surface area (Å²) in [5.74, 6) is -0.0319. The van der Waals surface area contributed by atoms with Crippen LogP contribution < -0.4 is 4.90 Å². The van der Waals surface area contributed by atoms with Crippen LogP contribution in [0.3, 0.4) is 0 Å². The maximum absolute atomic E-state index is 14.3. The van der Waals surface area contributed by atoms with Crippen molar-refractivity contribution in [3.63, 3.8) is 0 Å². The van der Waals surface area contributed by atoms with E-state index in [4.69, 9.17) is 27.9 Å². The fourth-order valence-electron chi connectivity index (χ4n) is 5.83. The largest absolute Gasteiger partial charge is 0.468 e. The minimum absolute atomic E-state index is 0.0371. The van der Waals surface area contributed by atoms with E-state index in [0.717, 1.165) is 42.0 Å². The average molecular weight is 583 g/mol. The number of likely N-dealkylation sites (N-methyl/N-ethyl adjacent to an activating group) is 1. The SMILES string of the molecule is C=C1OC2(CCN(CCC(C(=O)N(C)Cc3ccccc3)c3ccc(Cl)c(Cl)c3)CC2)c2cc(F)ccc2N1C. The topological polar surface area (TPSA) is 36.0 Å². The van der Waals surface area contributed by atoms with E-state index in [1.165, 1.54) is 6.07 Å². The lowest BCUT2D eigenvalue weighted by Crippen LogP contribution is -2.48. The van der Waals surface area contributed by atoms with Gasteiger partial charge in [-0.2, -0.15) is 0 Å². The number of anilines is 1. The fourth-order valence-corrected chi connectivity index (χ4v) is 6.14. The Hall–Kier alpha value is -3.06. The van der Waals surface area contributed by atoms with E-state index < -0.39 is 5.60 Å². The lowest BCUT2D eigenvalue weighted by molar-refractivity contribution is -0.132. The van der Waals surface area contributed by atoms with Crippen molar-refractivity contribution < 1.29 is 13.9 Å². The van der Waals surface area contributed by atoms with Gasteiger partial charge in [0.05, 0.1) is 21.7 Å². The molecule has 0 saturated carbocycles. The number of rotatable bonds is 7. The highest BCUT2D eigenvalue weighted by Crippen LogP contribution is 2.47. The van der Waals surface area contributed by atoms with Crippen molar-refractivity contribution in [2.45, 2.75) is 37.3 Å². The molecular formula is C32H34Cl2FN3O2. The number of fused-ring (bicyclic) bond motifs is 2. The Kier molecular flexibility index (Phi) is 8.41. The van der Waals surface area contributed by atoms with Crippen LogP contribution >= 0.6 is 23.2 Å². The van der Waals surface area contributed by atoms with Gasteiger partial charge in [0.15, 0.2) is 5.88 Å². The monoisotopic (exact) mass is 581 g/mol. The van der Waals surface area contributed by atoms with E-state index in [2.05, 4.69) is 11.5 Å². The molecule has 0 N–H and O–H groups in total.